The summed E-state index contributed by atoms with van der Waals surface area (Å²) in [4.78, 5) is 16.4. The lowest BCUT2D eigenvalue weighted by Crippen LogP contribution is -1.99. The van der Waals surface area contributed by atoms with Crippen LogP contribution in [0.1, 0.15) is 27.0 Å². The molecule has 3 nitrogen and oxygen atoms in total. The molecule has 1 heterocycles. The monoisotopic (exact) mass is 363 g/mol. The van der Waals surface area contributed by atoms with Crippen LogP contribution in [0, 0.1) is 11.6 Å². The lowest BCUT2D eigenvalue weighted by Gasteiger charge is -2.06. The zero-order valence-electron chi connectivity index (χ0n) is 14.3. The van der Waals surface area contributed by atoms with Gasteiger partial charge in [0.05, 0.1) is 5.56 Å². The minimum atomic E-state index is -0.681. The first-order valence-corrected chi connectivity index (χ1v) is 8.46. The van der Waals surface area contributed by atoms with Gasteiger partial charge >= 0.3 is 0 Å². The van der Waals surface area contributed by atoms with Gasteiger partial charge < -0.3 is 4.74 Å². The third-order valence-electron chi connectivity index (χ3n) is 4.47. The van der Waals surface area contributed by atoms with Gasteiger partial charge in [-0.15, -0.1) is 0 Å². The number of nitrogens with zero attached hydrogens (tertiary/aromatic N) is 1. The first-order valence-electron chi connectivity index (χ1n) is 8.46. The van der Waals surface area contributed by atoms with Crippen LogP contribution in [0.4, 0.5) is 8.78 Å². The molecule has 5 heteroatoms. The third kappa shape index (κ3) is 3.49. The first kappa shape index (κ1) is 17.1. The Morgan fingerprint density at radius 1 is 0.963 bits per heavy atom. The number of fused-ring (bicyclic) bond motifs is 1. The van der Waals surface area contributed by atoms with Crippen molar-refractivity contribution in [2.24, 2.45) is 0 Å². The molecule has 1 aliphatic carbocycles. The van der Waals surface area contributed by atoms with Gasteiger partial charge in [0, 0.05) is 30.0 Å². The summed E-state index contributed by atoms with van der Waals surface area (Å²) in [5.41, 5.74) is 2.12. The maximum atomic E-state index is 13.9. The summed E-state index contributed by atoms with van der Waals surface area (Å²) in [5.74, 6) is -1.00. The molecule has 1 aromatic heterocycles. The number of allylic oxidation sites excluding steroid dienone is 1. The molecule has 4 rings (SSSR count). The molecule has 0 atom stereocenters. The molecule has 1 aliphatic rings. The van der Waals surface area contributed by atoms with Gasteiger partial charge in [-0.05, 0) is 53.6 Å². The van der Waals surface area contributed by atoms with E-state index in [0.29, 0.717) is 17.9 Å². The Morgan fingerprint density at radius 3 is 2.37 bits per heavy atom. The molecule has 0 fully saturated rings. The predicted octanol–water partition coefficient (Wildman–Crippen LogP) is 4.76. The Morgan fingerprint density at radius 2 is 1.67 bits per heavy atom. The van der Waals surface area contributed by atoms with E-state index in [9.17, 15) is 13.6 Å². The second kappa shape index (κ2) is 7.11. The number of Topliss-reactive ketones (excluding diaryl/α,β-unsaturated/α-hetero) is 1. The van der Waals surface area contributed by atoms with Gasteiger partial charge in [-0.1, -0.05) is 12.1 Å². The van der Waals surface area contributed by atoms with E-state index in [0.717, 1.165) is 23.3 Å². The number of carbonyl (C=O) groups is 1. The number of aromatic nitrogens is 1. The lowest BCUT2D eigenvalue weighted by molar-refractivity contribution is 0.103. The Balaban J connectivity index is 1.49. The van der Waals surface area contributed by atoms with Crippen LogP contribution in [0.2, 0.25) is 0 Å². The first-order chi connectivity index (χ1) is 13.1. The van der Waals surface area contributed by atoms with Gasteiger partial charge in [-0.25, -0.2) is 8.78 Å². The number of ether oxygens (including phenoxy) is 1. The topological polar surface area (TPSA) is 39.2 Å². The second-order valence-electron chi connectivity index (χ2n) is 6.27. The Hall–Kier alpha value is -3.34. The highest BCUT2D eigenvalue weighted by molar-refractivity contribution is 6.15. The summed E-state index contributed by atoms with van der Waals surface area (Å²) in [6.07, 6.45) is 5.17. The normalized spacial score (nSPS) is 14.4. The average molecular weight is 363 g/mol. The molecule has 3 aromatic rings. The summed E-state index contributed by atoms with van der Waals surface area (Å²) >= 11 is 0. The van der Waals surface area contributed by atoms with Crippen LogP contribution in [0.5, 0.6) is 5.75 Å². The molecule has 0 unspecified atom stereocenters. The number of carbonyl (C=O) groups excluding carboxylic acids is 1. The molecule has 0 saturated heterocycles. The molecular weight excluding hydrogens is 348 g/mol. The lowest BCUT2D eigenvalue weighted by atomic mass is 10.1. The van der Waals surface area contributed by atoms with E-state index < -0.39 is 17.4 Å². The van der Waals surface area contributed by atoms with Crippen molar-refractivity contribution < 1.29 is 18.3 Å². The molecule has 0 bridgehead atoms. The quantitative estimate of drug-likeness (QED) is 0.628. The van der Waals surface area contributed by atoms with Crippen LogP contribution in [0.25, 0.3) is 6.08 Å². The standard InChI is InChI=1S/C22H15F2NO2/c23-19-5-6-20(24)21-18(19)12-16(22(21)26)11-14-1-3-17(4-2-14)27-13-15-7-9-25-10-8-15/h1-11H,12-13H2/b16-11+. The number of hydrogen-bond acceptors (Lipinski definition) is 3. The fourth-order valence-corrected chi connectivity index (χ4v) is 3.07. The minimum Gasteiger partial charge on any atom is -0.489 e. The van der Waals surface area contributed by atoms with Crippen LogP contribution in [-0.4, -0.2) is 10.8 Å². The van der Waals surface area contributed by atoms with E-state index in [1.807, 2.05) is 12.1 Å². The van der Waals surface area contributed by atoms with Crippen molar-refractivity contribution in [2.75, 3.05) is 0 Å². The van der Waals surface area contributed by atoms with E-state index in [-0.39, 0.29) is 17.5 Å². The molecule has 2 aromatic carbocycles. The van der Waals surface area contributed by atoms with Crippen molar-refractivity contribution in [3.63, 3.8) is 0 Å². The number of pyridine rings is 1. The van der Waals surface area contributed by atoms with Crippen LogP contribution in [-0.2, 0) is 13.0 Å². The third-order valence-corrected chi connectivity index (χ3v) is 4.47. The van der Waals surface area contributed by atoms with Crippen LogP contribution >= 0.6 is 0 Å². The molecule has 0 aliphatic heterocycles. The van der Waals surface area contributed by atoms with Crippen molar-refractivity contribution in [1.29, 1.82) is 0 Å². The highest BCUT2D eigenvalue weighted by Crippen LogP contribution is 2.31. The maximum absolute atomic E-state index is 13.9. The maximum Gasteiger partial charge on any atom is 0.192 e. The van der Waals surface area contributed by atoms with Gasteiger partial charge in [-0.2, -0.15) is 0 Å². The minimum absolute atomic E-state index is 0.0953. The number of hydrogen-bond donors (Lipinski definition) is 0. The van der Waals surface area contributed by atoms with Crippen molar-refractivity contribution >= 4 is 11.9 Å². The van der Waals surface area contributed by atoms with Gasteiger partial charge in [-0.3, -0.25) is 9.78 Å². The van der Waals surface area contributed by atoms with Gasteiger partial charge in [0.15, 0.2) is 5.78 Å². The molecule has 0 radical (unpaired) electrons. The fraction of sp³-hybridized carbons (Fsp3) is 0.0909. The van der Waals surface area contributed by atoms with E-state index >= 15 is 0 Å². The largest absolute Gasteiger partial charge is 0.489 e. The SMILES string of the molecule is O=C1/C(=C/c2ccc(OCc3ccncc3)cc2)Cc2c(F)ccc(F)c21. The molecule has 27 heavy (non-hydrogen) atoms. The Bertz CT molecular complexity index is 1030. The number of benzene rings is 2. The summed E-state index contributed by atoms with van der Waals surface area (Å²) in [6.45, 7) is 0.426. The zero-order chi connectivity index (χ0) is 18.8. The molecule has 0 saturated carbocycles. The van der Waals surface area contributed by atoms with Gasteiger partial charge in [0.25, 0.3) is 0 Å². The molecular formula is C22H15F2NO2. The molecule has 134 valence electrons. The number of rotatable bonds is 4. The smallest absolute Gasteiger partial charge is 0.192 e. The van der Waals surface area contributed by atoms with Crippen molar-refractivity contribution in [1.82, 2.24) is 4.98 Å². The molecule has 0 N–H and O–H groups in total. The zero-order valence-corrected chi connectivity index (χ0v) is 14.3. The van der Waals surface area contributed by atoms with Gasteiger partial charge in [0.1, 0.15) is 24.0 Å². The van der Waals surface area contributed by atoms with Crippen LogP contribution in [0.15, 0.2) is 66.5 Å². The Labute approximate surface area is 155 Å². The Kier molecular flexibility index (Phi) is 4.50. The van der Waals surface area contributed by atoms with Crippen molar-refractivity contribution in [3.8, 4) is 5.75 Å². The molecule has 0 amide bonds. The molecule has 0 spiro atoms. The summed E-state index contributed by atoms with van der Waals surface area (Å²) in [5, 5.41) is 0. The average Bonchev–Trinajstić information content (AvgIpc) is 3.03. The summed E-state index contributed by atoms with van der Waals surface area (Å²) in [7, 11) is 0. The van der Waals surface area contributed by atoms with E-state index in [2.05, 4.69) is 4.98 Å². The fourth-order valence-electron chi connectivity index (χ4n) is 3.07. The summed E-state index contributed by atoms with van der Waals surface area (Å²) in [6, 6.07) is 13.0. The van der Waals surface area contributed by atoms with Crippen LogP contribution in [0.3, 0.4) is 0 Å². The second-order valence-corrected chi connectivity index (χ2v) is 6.27. The van der Waals surface area contributed by atoms with Crippen molar-refractivity contribution in [2.45, 2.75) is 13.0 Å². The van der Waals surface area contributed by atoms with Crippen molar-refractivity contribution in [3.05, 3.63) is 100 Å². The number of ketones is 1. The highest BCUT2D eigenvalue weighted by Gasteiger charge is 2.30. The van der Waals surface area contributed by atoms with E-state index in [1.54, 1.807) is 42.7 Å². The van der Waals surface area contributed by atoms with E-state index in [4.69, 9.17) is 4.74 Å². The van der Waals surface area contributed by atoms with Gasteiger partial charge in [0.2, 0.25) is 0 Å². The van der Waals surface area contributed by atoms with E-state index in [1.165, 1.54) is 0 Å². The van der Waals surface area contributed by atoms with Crippen LogP contribution < -0.4 is 4.74 Å². The number of halogens is 2. The predicted molar refractivity (Wildman–Crippen MR) is 97.4 cm³/mol. The summed E-state index contributed by atoms with van der Waals surface area (Å²) < 4.78 is 33.4. The highest BCUT2D eigenvalue weighted by atomic mass is 19.1.